The van der Waals surface area contributed by atoms with Crippen LogP contribution in [0.25, 0.3) is 11.0 Å². The lowest BCUT2D eigenvalue weighted by Gasteiger charge is -2.13. The standard InChI is InChI=1S/C17H17N5O2/c1-3-14-20-13-10-18-11(2)19-16(13)17(24)22(14)21-15(23)9-12-7-5-4-6-8-12/h4-8,10H,3,9H2,1-2H3,(H,21,23). The number of rotatable bonds is 4. The number of carbonyl (C=O) groups is 1. The number of hydrogen-bond donors (Lipinski definition) is 1. The van der Waals surface area contributed by atoms with Crippen LogP contribution in [0, 0.1) is 6.92 Å². The molecule has 0 aliphatic carbocycles. The van der Waals surface area contributed by atoms with Crippen LogP contribution in [-0.4, -0.2) is 25.5 Å². The van der Waals surface area contributed by atoms with Crippen LogP contribution in [-0.2, 0) is 17.6 Å². The summed E-state index contributed by atoms with van der Waals surface area (Å²) in [5.41, 5.74) is 3.72. The topological polar surface area (TPSA) is 89.8 Å². The maximum Gasteiger partial charge on any atom is 0.299 e. The van der Waals surface area contributed by atoms with Crippen molar-refractivity contribution in [3.63, 3.8) is 0 Å². The highest BCUT2D eigenvalue weighted by molar-refractivity contribution is 5.86. The summed E-state index contributed by atoms with van der Waals surface area (Å²) < 4.78 is 1.18. The number of aromatic nitrogens is 4. The first-order valence-electron chi connectivity index (χ1n) is 7.67. The molecular formula is C17H17N5O2. The van der Waals surface area contributed by atoms with Gasteiger partial charge in [0.1, 0.15) is 17.2 Å². The summed E-state index contributed by atoms with van der Waals surface area (Å²) in [6.45, 7) is 3.56. The predicted molar refractivity (Wildman–Crippen MR) is 90.2 cm³/mol. The van der Waals surface area contributed by atoms with E-state index in [4.69, 9.17) is 0 Å². The Morgan fingerprint density at radius 1 is 1.21 bits per heavy atom. The van der Waals surface area contributed by atoms with Crippen molar-refractivity contribution in [2.24, 2.45) is 0 Å². The molecule has 7 nitrogen and oxygen atoms in total. The third kappa shape index (κ3) is 3.15. The molecule has 24 heavy (non-hydrogen) atoms. The van der Waals surface area contributed by atoms with Gasteiger partial charge in [-0.3, -0.25) is 15.0 Å². The number of aryl methyl sites for hydroxylation is 2. The smallest absolute Gasteiger partial charge is 0.273 e. The summed E-state index contributed by atoms with van der Waals surface area (Å²) in [6.07, 6.45) is 2.19. The van der Waals surface area contributed by atoms with E-state index in [-0.39, 0.29) is 17.8 Å². The van der Waals surface area contributed by atoms with Crippen molar-refractivity contribution in [1.29, 1.82) is 0 Å². The van der Waals surface area contributed by atoms with E-state index in [0.717, 1.165) is 5.56 Å². The Bertz CT molecular complexity index is 950. The van der Waals surface area contributed by atoms with E-state index >= 15 is 0 Å². The molecule has 0 saturated carbocycles. The minimum Gasteiger partial charge on any atom is -0.273 e. The summed E-state index contributed by atoms with van der Waals surface area (Å²) in [5, 5.41) is 0. The Labute approximate surface area is 138 Å². The van der Waals surface area contributed by atoms with Gasteiger partial charge >= 0.3 is 0 Å². The minimum absolute atomic E-state index is 0.178. The summed E-state index contributed by atoms with van der Waals surface area (Å²) in [4.78, 5) is 37.5. The van der Waals surface area contributed by atoms with Crippen LogP contribution >= 0.6 is 0 Å². The lowest BCUT2D eigenvalue weighted by Crippen LogP contribution is -2.37. The molecule has 0 atom stereocenters. The highest BCUT2D eigenvalue weighted by Crippen LogP contribution is 2.06. The van der Waals surface area contributed by atoms with Gasteiger partial charge in [0.05, 0.1) is 12.6 Å². The first-order chi connectivity index (χ1) is 11.6. The van der Waals surface area contributed by atoms with Gasteiger partial charge in [-0.2, -0.15) is 0 Å². The van der Waals surface area contributed by atoms with Crippen LogP contribution in [0.5, 0.6) is 0 Å². The van der Waals surface area contributed by atoms with Gasteiger partial charge in [-0.15, -0.1) is 0 Å². The first kappa shape index (κ1) is 15.8. The van der Waals surface area contributed by atoms with Gasteiger partial charge in [-0.1, -0.05) is 37.3 Å². The first-order valence-corrected chi connectivity index (χ1v) is 7.67. The fourth-order valence-corrected chi connectivity index (χ4v) is 2.41. The van der Waals surface area contributed by atoms with E-state index in [1.165, 1.54) is 10.9 Å². The molecule has 2 aromatic heterocycles. The Balaban J connectivity index is 1.97. The van der Waals surface area contributed by atoms with Gasteiger partial charge in [-0.05, 0) is 12.5 Å². The molecule has 0 aliphatic rings. The molecule has 0 aliphatic heterocycles. The third-order valence-electron chi connectivity index (χ3n) is 3.56. The number of nitrogens with one attached hydrogen (secondary N) is 1. The van der Waals surface area contributed by atoms with Crippen LogP contribution in [0.2, 0.25) is 0 Å². The summed E-state index contributed by atoms with van der Waals surface area (Å²) in [6, 6.07) is 9.33. The fraction of sp³-hybridized carbons (Fsp3) is 0.235. The Hall–Kier alpha value is -3.09. The Morgan fingerprint density at radius 2 is 1.96 bits per heavy atom. The highest BCUT2D eigenvalue weighted by atomic mass is 16.2. The average molecular weight is 323 g/mol. The van der Waals surface area contributed by atoms with Gasteiger partial charge in [0.25, 0.3) is 5.56 Å². The zero-order chi connectivity index (χ0) is 17.1. The number of carbonyl (C=O) groups excluding carboxylic acids is 1. The number of hydrogen-bond acceptors (Lipinski definition) is 5. The molecule has 3 aromatic rings. The van der Waals surface area contributed by atoms with Crippen LogP contribution in [0.15, 0.2) is 41.3 Å². The fourth-order valence-electron chi connectivity index (χ4n) is 2.41. The third-order valence-corrected chi connectivity index (χ3v) is 3.56. The molecule has 3 rings (SSSR count). The van der Waals surface area contributed by atoms with Crippen LogP contribution in [0.4, 0.5) is 0 Å². The van der Waals surface area contributed by atoms with Crippen molar-refractivity contribution < 1.29 is 4.79 Å². The van der Waals surface area contributed by atoms with Crippen LogP contribution < -0.4 is 11.0 Å². The molecule has 122 valence electrons. The second-order valence-electron chi connectivity index (χ2n) is 5.37. The molecule has 1 aromatic carbocycles. The molecule has 0 unspecified atom stereocenters. The predicted octanol–water partition coefficient (Wildman–Crippen LogP) is 1.37. The monoisotopic (exact) mass is 323 g/mol. The maximum atomic E-state index is 12.7. The number of fused-ring (bicyclic) bond motifs is 1. The summed E-state index contributed by atoms with van der Waals surface area (Å²) >= 11 is 0. The molecule has 2 heterocycles. The van der Waals surface area contributed by atoms with Gasteiger partial charge in [0.15, 0.2) is 5.52 Å². The van der Waals surface area contributed by atoms with Crippen molar-refractivity contribution in [3.05, 3.63) is 64.1 Å². The largest absolute Gasteiger partial charge is 0.299 e. The van der Waals surface area contributed by atoms with Gasteiger partial charge in [0, 0.05) is 6.42 Å². The molecule has 0 saturated heterocycles. The quantitative estimate of drug-likeness (QED) is 0.783. The SMILES string of the molecule is CCc1nc2cnc(C)nc2c(=O)n1NC(=O)Cc1ccccc1. The molecule has 1 N–H and O–H groups in total. The molecule has 0 radical (unpaired) electrons. The minimum atomic E-state index is -0.399. The van der Waals surface area contributed by atoms with Gasteiger partial charge < -0.3 is 0 Å². The summed E-state index contributed by atoms with van der Waals surface area (Å²) in [5.74, 6) is 0.652. The van der Waals surface area contributed by atoms with Crippen LogP contribution in [0.1, 0.15) is 24.1 Å². The maximum absolute atomic E-state index is 12.7. The van der Waals surface area contributed by atoms with Crippen molar-refractivity contribution >= 4 is 16.9 Å². The number of benzene rings is 1. The molecule has 7 heteroatoms. The Kier molecular flexibility index (Phi) is 4.33. The zero-order valence-electron chi connectivity index (χ0n) is 13.5. The van der Waals surface area contributed by atoms with E-state index in [9.17, 15) is 9.59 Å². The van der Waals surface area contributed by atoms with Crippen molar-refractivity contribution in [2.45, 2.75) is 26.7 Å². The van der Waals surface area contributed by atoms with Gasteiger partial charge in [-0.25, -0.2) is 19.6 Å². The van der Waals surface area contributed by atoms with Crippen molar-refractivity contribution in [1.82, 2.24) is 19.6 Å². The number of amides is 1. The second-order valence-corrected chi connectivity index (χ2v) is 5.37. The molecular weight excluding hydrogens is 306 g/mol. The van der Waals surface area contributed by atoms with Gasteiger partial charge in [0.2, 0.25) is 5.91 Å². The molecule has 1 amide bonds. The second kappa shape index (κ2) is 6.57. The lowest BCUT2D eigenvalue weighted by molar-refractivity contribution is -0.116. The van der Waals surface area contributed by atoms with E-state index in [0.29, 0.717) is 23.6 Å². The van der Waals surface area contributed by atoms with E-state index < -0.39 is 5.56 Å². The van der Waals surface area contributed by atoms with Crippen molar-refractivity contribution in [2.75, 3.05) is 5.43 Å². The summed E-state index contributed by atoms with van der Waals surface area (Å²) in [7, 11) is 0. The van der Waals surface area contributed by atoms with Crippen LogP contribution in [0.3, 0.4) is 0 Å². The van der Waals surface area contributed by atoms with E-state index in [2.05, 4.69) is 20.4 Å². The van der Waals surface area contributed by atoms with E-state index in [1.807, 2.05) is 37.3 Å². The number of nitrogens with zero attached hydrogens (tertiary/aromatic N) is 4. The lowest BCUT2D eigenvalue weighted by atomic mass is 10.1. The normalized spacial score (nSPS) is 10.8. The Morgan fingerprint density at radius 3 is 2.67 bits per heavy atom. The molecule has 0 spiro atoms. The van der Waals surface area contributed by atoms with Crippen molar-refractivity contribution in [3.8, 4) is 0 Å². The molecule has 0 fully saturated rings. The highest BCUT2D eigenvalue weighted by Gasteiger charge is 2.14. The zero-order valence-corrected chi connectivity index (χ0v) is 13.5. The average Bonchev–Trinajstić information content (AvgIpc) is 2.58. The molecule has 0 bridgehead atoms. The van der Waals surface area contributed by atoms with E-state index in [1.54, 1.807) is 6.92 Å².